The average Bonchev–Trinajstić information content (AvgIpc) is 2.27. The minimum atomic E-state index is -0.564. The van der Waals surface area contributed by atoms with Gasteiger partial charge in [0.1, 0.15) is 6.61 Å². The number of esters is 1. The standard InChI is InChI=1S/C11H13NO4/c1-3-15-10-5-4-9(6-12-10)11(14)16-7-8(2)13/h4-6H,3,7H2,1-2H3. The van der Waals surface area contributed by atoms with Crippen molar-refractivity contribution in [2.75, 3.05) is 13.2 Å². The summed E-state index contributed by atoms with van der Waals surface area (Å²) in [6.07, 6.45) is 1.35. The largest absolute Gasteiger partial charge is 0.478 e. The third-order valence-electron chi connectivity index (χ3n) is 1.67. The number of carbonyl (C=O) groups is 2. The van der Waals surface area contributed by atoms with Crippen LogP contribution in [0.2, 0.25) is 0 Å². The fourth-order valence-corrected chi connectivity index (χ4v) is 0.985. The lowest BCUT2D eigenvalue weighted by atomic mass is 10.3. The molecule has 0 N–H and O–H groups in total. The number of hydrogen-bond acceptors (Lipinski definition) is 5. The van der Waals surface area contributed by atoms with E-state index in [2.05, 4.69) is 4.98 Å². The van der Waals surface area contributed by atoms with Gasteiger partial charge in [0, 0.05) is 12.3 Å². The molecule has 0 fully saturated rings. The molecule has 0 aromatic carbocycles. The minimum Gasteiger partial charge on any atom is -0.478 e. The van der Waals surface area contributed by atoms with Gasteiger partial charge in [-0.05, 0) is 19.9 Å². The zero-order valence-corrected chi connectivity index (χ0v) is 9.23. The van der Waals surface area contributed by atoms with Crippen molar-refractivity contribution >= 4 is 11.8 Å². The first-order valence-corrected chi connectivity index (χ1v) is 4.89. The summed E-state index contributed by atoms with van der Waals surface area (Å²) < 4.78 is 9.84. The average molecular weight is 223 g/mol. The molecule has 86 valence electrons. The summed E-state index contributed by atoms with van der Waals surface area (Å²) in [6.45, 7) is 3.49. The Morgan fingerprint density at radius 3 is 2.62 bits per heavy atom. The number of carbonyl (C=O) groups excluding carboxylic acids is 2. The SMILES string of the molecule is CCOc1ccc(C(=O)OCC(C)=O)cn1. The highest BCUT2D eigenvalue weighted by molar-refractivity contribution is 5.90. The summed E-state index contributed by atoms with van der Waals surface area (Å²) in [7, 11) is 0. The highest BCUT2D eigenvalue weighted by Crippen LogP contribution is 2.08. The van der Waals surface area contributed by atoms with Crippen molar-refractivity contribution in [3.05, 3.63) is 23.9 Å². The van der Waals surface area contributed by atoms with E-state index in [1.165, 1.54) is 13.1 Å². The van der Waals surface area contributed by atoms with Gasteiger partial charge in [0.05, 0.1) is 12.2 Å². The van der Waals surface area contributed by atoms with Gasteiger partial charge in [0.25, 0.3) is 0 Å². The maximum atomic E-state index is 11.4. The highest BCUT2D eigenvalue weighted by atomic mass is 16.5. The number of Topliss-reactive ketones (excluding diaryl/α,β-unsaturated/α-hetero) is 1. The van der Waals surface area contributed by atoms with E-state index >= 15 is 0 Å². The third kappa shape index (κ3) is 3.68. The summed E-state index contributed by atoms with van der Waals surface area (Å²) in [4.78, 5) is 25.9. The van der Waals surface area contributed by atoms with Gasteiger partial charge in [-0.25, -0.2) is 9.78 Å². The first kappa shape index (κ1) is 12.2. The van der Waals surface area contributed by atoms with E-state index in [9.17, 15) is 9.59 Å². The molecule has 16 heavy (non-hydrogen) atoms. The number of hydrogen-bond donors (Lipinski definition) is 0. The van der Waals surface area contributed by atoms with E-state index in [0.29, 0.717) is 18.1 Å². The van der Waals surface area contributed by atoms with Crippen LogP contribution in [0.15, 0.2) is 18.3 Å². The Labute approximate surface area is 93.4 Å². The van der Waals surface area contributed by atoms with Crippen LogP contribution in [0.25, 0.3) is 0 Å². The van der Waals surface area contributed by atoms with Crippen molar-refractivity contribution in [1.29, 1.82) is 0 Å². The van der Waals surface area contributed by atoms with Crippen molar-refractivity contribution in [3.63, 3.8) is 0 Å². The van der Waals surface area contributed by atoms with Crippen molar-refractivity contribution in [2.24, 2.45) is 0 Å². The van der Waals surface area contributed by atoms with Gasteiger partial charge in [0.15, 0.2) is 5.78 Å². The molecule has 5 heteroatoms. The number of nitrogens with zero attached hydrogens (tertiary/aromatic N) is 1. The van der Waals surface area contributed by atoms with E-state index in [1.54, 1.807) is 12.1 Å². The number of ketones is 1. The van der Waals surface area contributed by atoms with E-state index in [4.69, 9.17) is 9.47 Å². The number of pyridine rings is 1. The monoisotopic (exact) mass is 223 g/mol. The van der Waals surface area contributed by atoms with Crippen LogP contribution in [0, 0.1) is 0 Å². The molecule has 0 aliphatic heterocycles. The van der Waals surface area contributed by atoms with Crippen molar-refractivity contribution < 1.29 is 19.1 Å². The molecule has 0 unspecified atom stereocenters. The summed E-state index contributed by atoms with van der Waals surface area (Å²) in [5, 5.41) is 0. The Morgan fingerprint density at radius 1 is 1.38 bits per heavy atom. The predicted octanol–water partition coefficient (Wildman–Crippen LogP) is 1.23. The van der Waals surface area contributed by atoms with Crippen LogP contribution in [0.5, 0.6) is 5.88 Å². The second-order valence-electron chi connectivity index (χ2n) is 3.10. The molecule has 0 aliphatic rings. The molecule has 0 aliphatic carbocycles. The maximum Gasteiger partial charge on any atom is 0.340 e. The Balaban J connectivity index is 2.59. The Hall–Kier alpha value is -1.91. The van der Waals surface area contributed by atoms with Gasteiger partial charge in [-0.3, -0.25) is 4.79 Å². The van der Waals surface area contributed by atoms with E-state index in [-0.39, 0.29) is 12.4 Å². The van der Waals surface area contributed by atoms with Gasteiger partial charge in [-0.15, -0.1) is 0 Å². The first-order valence-electron chi connectivity index (χ1n) is 4.89. The summed E-state index contributed by atoms with van der Waals surface area (Å²) in [5.41, 5.74) is 0.296. The van der Waals surface area contributed by atoms with Crippen LogP contribution in [0.3, 0.4) is 0 Å². The summed E-state index contributed by atoms with van der Waals surface area (Å²) in [6, 6.07) is 3.12. The fourth-order valence-electron chi connectivity index (χ4n) is 0.985. The maximum absolute atomic E-state index is 11.4. The van der Waals surface area contributed by atoms with Gasteiger partial charge in [-0.2, -0.15) is 0 Å². The third-order valence-corrected chi connectivity index (χ3v) is 1.67. The second kappa shape index (κ2) is 5.85. The number of ether oxygens (including phenoxy) is 2. The normalized spacial score (nSPS) is 9.62. The zero-order chi connectivity index (χ0) is 12.0. The fraction of sp³-hybridized carbons (Fsp3) is 0.364. The molecular weight excluding hydrogens is 210 g/mol. The van der Waals surface area contributed by atoms with Crippen LogP contribution in [0.4, 0.5) is 0 Å². The molecule has 5 nitrogen and oxygen atoms in total. The lowest BCUT2D eigenvalue weighted by molar-refractivity contribution is -0.120. The lowest BCUT2D eigenvalue weighted by Gasteiger charge is -2.03. The molecule has 0 bridgehead atoms. The summed E-state index contributed by atoms with van der Waals surface area (Å²) >= 11 is 0. The number of rotatable bonds is 5. The Bertz CT molecular complexity index is 372. The number of aromatic nitrogens is 1. The highest BCUT2D eigenvalue weighted by Gasteiger charge is 2.08. The van der Waals surface area contributed by atoms with Crippen molar-refractivity contribution in [2.45, 2.75) is 13.8 Å². The molecule has 1 aromatic heterocycles. The molecule has 1 aromatic rings. The minimum absolute atomic E-state index is 0.202. The van der Waals surface area contributed by atoms with Crippen LogP contribution in [0.1, 0.15) is 24.2 Å². The van der Waals surface area contributed by atoms with Gasteiger partial charge in [-0.1, -0.05) is 0 Å². The van der Waals surface area contributed by atoms with Crippen LogP contribution >= 0.6 is 0 Å². The lowest BCUT2D eigenvalue weighted by Crippen LogP contribution is -2.11. The van der Waals surface area contributed by atoms with Gasteiger partial charge >= 0.3 is 5.97 Å². The molecule has 0 saturated carbocycles. The quantitative estimate of drug-likeness (QED) is 0.702. The predicted molar refractivity (Wildman–Crippen MR) is 56.4 cm³/mol. The molecule has 0 atom stereocenters. The molecule has 1 rings (SSSR count). The molecule has 1 heterocycles. The van der Waals surface area contributed by atoms with Crippen molar-refractivity contribution in [3.8, 4) is 5.88 Å². The first-order chi connectivity index (χ1) is 7.63. The molecule has 0 spiro atoms. The zero-order valence-electron chi connectivity index (χ0n) is 9.23. The molecule has 0 radical (unpaired) electrons. The Morgan fingerprint density at radius 2 is 2.12 bits per heavy atom. The topological polar surface area (TPSA) is 65.5 Å². The smallest absolute Gasteiger partial charge is 0.340 e. The van der Waals surface area contributed by atoms with Crippen LogP contribution < -0.4 is 4.74 Å². The van der Waals surface area contributed by atoms with E-state index in [1.807, 2.05) is 6.92 Å². The van der Waals surface area contributed by atoms with Crippen LogP contribution in [-0.2, 0) is 9.53 Å². The second-order valence-corrected chi connectivity index (χ2v) is 3.10. The van der Waals surface area contributed by atoms with E-state index in [0.717, 1.165) is 0 Å². The Kier molecular flexibility index (Phi) is 4.44. The van der Waals surface area contributed by atoms with Crippen molar-refractivity contribution in [1.82, 2.24) is 4.98 Å². The van der Waals surface area contributed by atoms with E-state index < -0.39 is 5.97 Å². The summed E-state index contributed by atoms with van der Waals surface area (Å²) in [5.74, 6) is -0.316. The molecular formula is C11H13NO4. The van der Waals surface area contributed by atoms with Crippen LogP contribution in [-0.4, -0.2) is 30.0 Å². The molecule has 0 amide bonds. The molecule has 0 saturated heterocycles. The van der Waals surface area contributed by atoms with Gasteiger partial charge < -0.3 is 9.47 Å². The van der Waals surface area contributed by atoms with Gasteiger partial charge in [0.2, 0.25) is 5.88 Å².